The van der Waals surface area contributed by atoms with Gasteiger partial charge in [0, 0.05) is 65.0 Å². The monoisotopic (exact) mass is 373 g/mol. The normalized spacial score (nSPS) is 24.2. The highest BCUT2D eigenvalue weighted by Crippen LogP contribution is 2.33. The fraction of sp³-hybridized carbons (Fsp3) is 0.650. The van der Waals surface area contributed by atoms with E-state index in [4.69, 9.17) is 0 Å². The van der Waals surface area contributed by atoms with Crippen molar-refractivity contribution in [3.8, 4) is 0 Å². The third-order valence-corrected chi connectivity index (χ3v) is 6.28. The Hall–Kier alpha value is -2.15. The van der Waals surface area contributed by atoms with Crippen molar-refractivity contribution in [2.24, 2.45) is 0 Å². The van der Waals surface area contributed by atoms with Crippen molar-refractivity contribution in [1.82, 2.24) is 19.7 Å². The molecule has 0 radical (unpaired) electrons. The van der Waals surface area contributed by atoms with Crippen molar-refractivity contribution < 1.29 is 9.59 Å². The third-order valence-electron chi connectivity index (χ3n) is 6.28. The van der Waals surface area contributed by atoms with E-state index in [-0.39, 0.29) is 17.4 Å². The number of anilines is 1. The zero-order valence-electron chi connectivity index (χ0n) is 16.9. The molecule has 0 bridgehead atoms. The van der Waals surface area contributed by atoms with Crippen molar-refractivity contribution in [3.05, 3.63) is 23.9 Å². The molecule has 3 rings (SSSR count). The van der Waals surface area contributed by atoms with Gasteiger partial charge in [-0.3, -0.25) is 14.5 Å². The Morgan fingerprint density at radius 1 is 1.22 bits per heavy atom. The van der Waals surface area contributed by atoms with Gasteiger partial charge in [-0.2, -0.15) is 0 Å². The van der Waals surface area contributed by atoms with Crippen molar-refractivity contribution in [2.45, 2.75) is 31.7 Å². The molecule has 148 valence electrons. The quantitative estimate of drug-likeness (QED) is 0.799. The molecule has 2 aliphatic heterocycles. The van der Waals surface area contributed by atoms with Crippen molar-refractivity contribution in [2.75, 3.05) is 58.8 Å². The van der Waals surface area contributed by atoms with Crippen LogP contribution < -0.4 is 4.90 Å². The molecule has 1 aromatic rings. The zero-order valence-corrected chi connectivity index (χ0v) is 16.9. The molecule has 0 saturated carbocycles. The van der Waals surface area contributed by atoms with E-state index in [1.807, 2.05) is 31.0 Å². The van der Waals surface area contributed by atoms with E-state index in [2.05, 4.69) is 21.8 Å². The average molecular weight is 374 g/mol. The number of rotatable bonds is 3. The van der Waals surface area contributed by atoms with Crippen LogP contribution in [0.3, 0.4) is 0 Å². The topological polar surface area (TPSA) is 60.0 Å². The Labute approximate surface area is 161 Å². The lowest BCUT2D eigenvalue weighted by molar-refractivity contribution is -0.129. The second kappa shape index (κ2) is 7.84. The Bertz CT molecular complexity index is 692. The Morgan fingerprint density at radius 3 is 2.67 bits per heavy atom. The summed E-state index contributed by atoms with van der Waals surface area (Å²) in [6.45, 7) is 6.13. The van der Waals surface area contributed by atoms with Gasteiger partial charge in [-0.05, 0) is 38.9 Å². The van der Waals surface area contributed by atoms with E-state index in [0.29, 0.717) is 18.5 Å². The summed E-state index contributed by atoms with van der Waals surface area (Å²) in [5, 5.41) is 0. The molecule has 2 saturated heterocycles. The highest BCUT2D eigenvalue weighted by molar-refractivity contribution is 5.93. The van der Waals surface area contributed by atoms with Crippen LogP contribution in [-0.2, 0) is 4.79 Å². The minimum atomic E-state index is -0.00304. The van der Waals surface area contributed by atoms with Crippen LogP contribution in [0, 0.1) is 0 Å². The number of nitrogens with zero attached hydrogens (tertiary/aromatic N) is 5. The molecule has 0 aliphatic carbocycles. The minimum Gasteiger partial charge on any atom is -0.353 e. The van der Waals surface area contributed by atoms with Gasteiger partial charge >= 0.3 is 0 Å². The molecular formula is C20H31N5O2. The first-order chi connectivity index (χ1) is 12.9. The smallest absolute Gasteiger partial charge is 0.255 e. The number of hydrogen-bond donors (Lipinski definition) is 0. The van der Waals surface area contributed by atoms with Crippen LogP contribution in [0.1, 0.15) is 36.5 Å². The van der Waals surface area contributed by atoms with Crippen LogP contribution in [0.15, 0.2) is 18.3 Å². The number of carbonyl (C=O) groups is 2. The first-order valence-electron chi connectivity index (χ1n) is 9.78. The maximum Gasteiger partial charge on any atom is 0.255 e. The van der Waals surface area contributed by atoms with Crippen LogP contribution in [0.4, 0.5) is 5.82 Å². The van der Waals surface area contributed by atoms with Crippen molar-refractivity contribution in [3.63, 3.8) is 0 Å². The maximum atomic E-state index is 12.3. The molecule has 1 unspecified atom stereocenters. The molecule has 0 aromatic carbocycles. The predicted octanol–water partition coefficient (Wildman–Crippen LogP) is 1.31. The highest BCUT2D eigenvalue weighted by atomic mass is 16.2. The summed E-state index contributed by atoms with van der Waals surface area (Å²) in [5.74, 6) is 1.14. The van der Waals surface area contributed by atoms with Crippen molar-refractivity contribution in [1.29, 1.82) is 0 Å². The first-order valence-corrected chi connectivity index (χ1v) is 9.78. The number of carbonyl (C=O) groups excluding carboxylic acids is 2. The molecule has 0 N–H and O–H groups in total. The first kappa shape index (κ1) is 19.6. The molecule has 1 atom stereocenters. The van der Waals surface area contributed by atoms with Crippen LogP contribution >= 0.6 is 0 Å². The van der Waals surface area contributed by atoms with Gasteiger partial charge in [0.25, 0.3) is 5.91 Å². The van der Waals surface area contributed by atoms with Gasteiger partial charge in [-0.1, -0.05) is 0 Å². The van der Waals surface area contributed by atoms with E-state index < -0.39 is 0 Å². The van der Waals surface area contributed by atoms with E-state index in [9.17, 15) is 9.59 Å². The van der Waals surface area contributed by atoms with Gasteiger partial charge in [-0.15, -0.1) is 0 Å². The predicted molar refractivity (Wildman–Crippen MR) is 106 cm³/mol. The molecule has 7 nitrogen and oxygen atoms in total. The number of piperazine rings is 1. The SMILES string of the molecule is CCN(C)C(=O)c1ccc(N2CCN(C)C3(CCC(=O)N(C)CC3)C2)nc1. The molecule has 1 spiro atoms. The molecule has 2 amide bonds. The molecular weight excluding hydrogens is 342 g/mol. The standard InChI is InChI=1S/C20H31N5O2/c1-5-22(2)19(27)16-6-7-17(21-14-16)25-13-12-24(4)20(15-25)9-8-18(26)23(3)11-10-20/h6-7,14H,5,8-13,15H2,1-4H3. The molecule has 2 fully saturated rings. The van der Waals surface area contributed by atoms with E-state index in [1.165, 1.54) is 0 Å². The largest absolute Gasteiger partial charge is 0.353 e. The summed E-state index contributed by atoms with van der Waals surface area (Å²) in [7, 11) is 5.86. The Balaban J connectivity index is 1.76. The van der Waals surface area contributed by atoms with Crippen LogP contribution in [0.5, 0.6) is 0 Å². The number of pyridine rings is 1. The van der Waals surface area contributed by atoms with Gasteiger partial charge in [0.1, 0.15) is 5.82 Å². The van der Waals surface area contributed by atoms with Crippen LogP contribution in [0.2, 0.25) is 0 Å². The van der Waals surface area contributed by atoms with Crippen LogP contribution in [0.25, 0.3) is 0 Å². The number of amides is 2. The van der Waals surface area contributed by atoms with Crippen LogP contribution in [-0.4, -0.2) is 90.9 Å². The van der Waals surface area contributed by atoms with Gasteiger partial charge in [0.05, 0.1) is 5.56 Å². The Morgan fingerprint density at radius 2 is 2.00 bits per heavy atom. The van der Waals surface area contributed by atoms with Gasteiger partial charge < -0.3 is 14.7 Å². The lowest BCUT2D eigenvalue weighted by Gasteiger charge is -2.49. The number of aromatic nitrogens is 1. The maximum absolute atomic E-state index is 12.3. The molecule has 27 heavy (non-hydrogen) atoms. The Kier molecular flexibility index (Phi) is 5.69. The van der Waals surface area contributed by atoms with Crippen molar-refractivity contribution >= 4 is 17.6 Å². The number of likely N-dealkylation sites (tertiary alicyclic amines) is 1. The lowest BCUT2D eigenvalue weighted by atomic mass is 9.86. The molecule has 3 heterocycles. The fourth-order valence-corrected chi connectivity index (χ4v) is 4.02. The fourth-order valence-electron chi connectivity index (χ4n) is 4.02. The number of hydrogen-bond acceptors (Lipinski definition) is 5. The summed E-state index contributed by atoms with van der Waals surface area (Å²) in [4.78, 5) is 37.2. The number of likely N-dealkylation sites (N-methyl/N-ethyl adjacent to an activating group) is 1. The van der Waals surface area contributed by atoms with Gasteiger partial charge in [0.2, 0.25) is 5.91 Å². The summed E-state index contributed by atoms with van der Waals surface area (Å²) in [5.41, 5.74) is 0.616. The molecule has 7 heteroatoms. The van der Waals surface area contributed by atoms with E-state index in [1.54, 1.807) is 18.1 Å². The highest BCUT2D eigenvalue weighted by Gasteiger charge is 2.42. The third kappa shape index (κ3) is 3.93. The van der Waals surface area contributed by atoms with E-state index in [0.717, 1.165) is 44.8 Å². The summed E-state index contributed by atoms with van der Waals surface area (Å²) in [6, 6.07) is 3.82. The zero-order chi connectivity index (χ0) is 19.6. The second-order valence-corrected chi connectivity index (χ2v) is 7.86. The average Bonchev–Trinajstić information content (AvgIpc) is 2.83. The summed E-state index contributed by atoms with van der Waals surface area (Å²) in [6.07, 6.45) is 4.12. The minimum absolute atomic E-state index is 0.00271. The van der Waals surface area contributed by atoms with Gasteiger partial charge in [-0.25, -0.2) is 4.98 Å². The molecule has 2 aliphatic rings. The lowest BCUT2D eigenvalue weighted by Crippen LogP contribution is -2.61. The van der Waals surface area contributed by atoms with Gasteiger partial charge in [0.15, 0.2) is 0 Å². The summed E-state index contributed by atoms with van der Waals surface area (Å²) >= 11 is 0. The molecule has 1 aromatic heterocycles. The summed E-state index contributed by atoms with van der Waals surface area (Å²) < 4.78 is 0. The van der Waals surface area contributed by atoms with E-state index >= 15 is 0 Å². The second-order valence-electron chi connectivity index (χ2n) is 7.86.